The second kappa shape index (κ2) is 7.88. The maximum absolute atomic E-state index is 11.7. The Kier molecular flexibility index (Phi) is 5.63. The topological polar surface area (TPSA) is 81.9 Å². The van der Waals surface area contributed by atoms with Crippen molar-refractivity contribution in [1.29, 1.82) is 5.26 Å². The molecule has 0 bridgehead atoms. The minimum Gasteiger partial charge on any atom is -0.393 e. The minimum atomic E-state index is -0.0123. The molecule has 1 heterocycles. The summed E-state index contributed by atoms with van der Waals surface area (Å²) in [5, 5.41) is 12.0. The molecule has 6 heteroatoms. The molecule has 0 radical (unpaired) electrons. The summed E-state index contributed by atoms with van der Waals surface area (Å²) in [5.41, 5.74) is 2.72. The van der Waals surface area contributed by atoms with Gasteiger partial charge in [0, 0.05) is 44.2 Å². The lowest BCUT2D eigenvalue weighted by molar-refractivity contribution is -0.116. The van der Waals surface area contributed by atoms with Crippen molar-refractivity contribution in [3.05, 3.63) is 48.6 Å². The fourth-order valence-corrected chi connectivity index (χ4v) is 2.36. The Hall–Kier alpha value is -3.20. The number of nitriles is 1. The summed E-state index contributed by atoms with van der Waals surface area (Å²) in [6, 6.07) is 11.4. The Bertz CT molecular complexity index is 807. The predicted molar refractivity (Wildman–Crippen MR) is 93.8 cm³/mol. The highest BCUT2D eigenvalue weighted by molar-refractivity contribution is 5.92. The fourth-order valence-electron chi connectivity index (χ4n) is 2.36. The van der Waals surface area contributed by atoms with E-state index < -0.39 is 0 Å². The Labute approximate surface area is 141 Å². The van der Waals surface area contributed by atoms with E-state index in [1.807, 2.05) is 31.2 Å². The van der Waals surface area contributed by atoms with Crippen molar-refractivity contribution in [3.8, 4) is 17.3 Å². The molecule has 0 aliphatic heterocycles. The van der Waals surface area contributed by atoms with Gasteiger partial charge in [-0.1, -0.05) is 12.1 Å². The van der Waals surface area contributed by atoms with Crippen LogP contribution in [0.1, 0.15) is 19.7 Å². The molecule has 122 valence electrons. The predicted octanol–water partition coefficient (Wildman–Crippen LogP) is 2.60. The van der Waals surface area contributed by atoms with Crippen LogP contribution in [-0.4, -0.2) is 29.5 Å². The lowest BCUT2D eigenvalue weighted by Crippen LogP contribution is -2.27. The number of carbonyl (C=O) groups excluding carboxylic acids is 1. The van der Waals surface area contributed by atoms with Crippen LogP contribution in [0, 0.1) is 11.3 Å². The molecule has 2 aromatic rings. The van der Waals surface area contributed by atoms with E-state index in [1.54, 1.807) is 37.3 Å². The molecule has 0 saturated carbocycles. The Morgan fingerprint density at radius 3 is 2.83 bits per heavy atom. The molecule has 24 heavy (non-hydrogen) atoms. The zero-order chi connectivity index (χ0) is 17.5. The van der Waals surface area contributed by atoms with Crippen LogP contribution in [0.5, 0.6) is 0 Å². The number of amides is 1. The van der Waals surface area contributed by atoms with Gasteiger partial charge in [-0.2, -0.15) is 5.26 Å². The van der Waals surface area contributed by atoms with Crippen molar-refractivity contribution in [2.45, 2.75) is 13.8 Å². The number of aromatic nitrogens is 2. The first-order valence-electron chi connectivity index (χ1n) is 7.60. The van der Waals surface area contributed by atoms with Gasteiger partial charge in [-0.15, -0.1) is 0 Å². The summed E-state index contributed by atoms with van der Waals surface area (Å²) < 4.78 is 0. The van der Waals surface area contributed by atoms with Crippen LogP contribution >= 0.6 is 0 Å². The molecule has 1 aromatic heterocycles. The molecule has 0 fully saturated rings. The first kappa shape index (κ1) is 17.2. The number of nitrogens with one attached hydrogen (secondary N) is 1. The summed E-state index contributed by atoms with van der Waals surface area (Å²) >= 11 is 0. The second-order valence-corrected chi connectivity index (χ2v) is 5.04. The van der Waals surface area contributed by atoms with Crippen molar-refractivity contribution in [1.82, 2.24) is 15.3 Å². The van der Waals surface area contributed by atoms with E-state index in [9.17, 15) is 10.1 Å². The van der Waals surface area contributed by atoms with Crippen LogP contribution in [0.4, 0.5) is 5.69 Å². The number of nitrogens with zero attached hydrogens (tertiary/aromatic N) is 4. The number of hydrogen-bond acceptors (Lipinski definition) is 5. The van der Waals surface area contributed by atoms with Crippen LogP contribution in [0.2, 0.25) is 0 Å². The Morgan fingerprint density at radius 1 is 1.42 bits per heavy atom. The third kappa shape index (κ3) is 3.76. The van der Waals surface area contributed by atoms with Crippen LogP contribution in [0.15, 0.2) is 42.7 Å². The number of anilines is 1. The van der Waals surface area contributed by atoms with E-state index >= 15 is 0 Å². The zero-order valence-electron chi connectivity index (χ0n) is 13.9. The van der Waals surface area contributed by atoms with E-state index in [1.165, 1.54) is 0 Å². The molecule has 0 saturated heterocycles. The largest absolute Gasteiger partial charge is 0.393 e. The smallest absolute Gasteiger partial charge is 0.223 e. The SMILES string of the molecule is CCN(C(C)=O)c1cccc(-c2ccnc(C(C#N)=CNC)n2)c1. The molecule has 1 aromatic carbocycles. The fraction of sp³-hybridized carbons (Fsp3) is 0.222. The van der Waals surface area contributed by atoms with Crippen molar-refractivity contribution in [3.63, 3.8) is 0 Å². The van der Waals surface area contributed by atoms with E-state index in [0.717, 1.165) is 11.3 Å². The van der Waals surface area contributed by atoms with E-state index in [0.29, 0.717) is 23.6 Å². The van der Waals surface area contributed by atoms with Crippen LogP contribution in [-0.2, 0) is 4.79 Å². The molecular formula is C18H19N5O. The number of rotatable bonds is 5. The molecule has 0 spiro atoms. The molecule has 1 amide bonds. The monoisotopic (exact) mass is 321 g/mol. The third-order valence-electron chi connectivity index (χ3n) is 3.46. The average Bonchev–Trinajstić information content (AvgIpc) is 2.60. The van der Waals surface area contributed by atoms with Gasteiger partial charge in [0.1, 0.15) is 11.6 Å². The van der Waals surface area contributed by atoms with Gasteiger partial charge in [0.15, 0.2) is 5.82 Å². The zero-order valence-corrected chi connectivity index (χ0v) is 13.9. The maximum atomic E-state index is 11.7. The van der Waals surface area contributed by atoms with Gasteiger partial charge < -0.3 is 10.2 Å². The number of allylic oxidation sites excluding steroid dienone is 1. The molecular weight excluding hydrogens is 302 g/mol. The molecule has 0 aliphatic carbocycles. The number of hydrogen-bond donors (Lipinski definition) is 1. The minimum absolute atomic E-state index is 0.0123. The Morgan fingerprint density at radius 2 is 2.21 bits per heavy atom. The summed E-state index contributed by atoms with van der Waals surface area (Å²) in [7, 11) is 1.71. The molecule has 2 rings (SSSR count). The van der Waals surface area contributed by atoms with E-state index in [4.69, 9.17) is 0 Å². The highest BCUT2D eigenvalue weighted by Gasteiger charge is 2.11. The normalized spacial score (nSPS) is 10.8. The van der Waals surface area contributed by atoms with Gasteiger partial charge in [0.25, 0.3) is 0 Å². The van der Waals surface area contributed by atoms with Gasteiger partial charge in [-0.05, 0) is 25.1 Å². The molecule has 0 atom stereocenters. The summed E-state index contributed by atoms with van der Waals surface area (Å²) in [6.45, 7) is 4.07. The third-order valence-corrected chi connectivity index (χ3v) is 3.46. The molecule has 1 N–H and O–H groups in total. The van der Waals surface area contributed by atoms with Gasteiger partial charge >= 0.3 is 0 Å². The molecule has 0 aliphatic rings. The van der Waals surface area contributed by atoms with Crippen LogP contribution < -0.4 is 10.2 Å². The van der Waals surface area contributed by atoms with E-state index in [2.05, 4.69) is 21.4 Å². The highest BCUT2D eigenvalue weighted by Crippen LogP contribution is 2.24. The summed E-state index contributed by atoms with van der Waals surface area (Å²) in [6.07, 6.45) is 3.18. The van der Waals surface area contributed by atoms with Gasteiger partial charge in [0.2, 0.25) is 5.91 Å². The summed E-state index contributed by atoms with van der Waals surface area (Å²) in [4.78, 5) is 22.0. The molecule has 6 nitrogen and oxygen atoms in total. The lowest BCUT2D eigenvalue weighted by Gasteiger charge is -2.19. The second-order valence-electron chi connectivity index (χ2n) is 5.04. The van der Waals surface area contributed by atoms with Gasteiger partial charge in [-0.3, -0.25) is 4.79 Å². The number of benzene rings is 1. The summed E-state index contributed by atoms with van der Waals surface area (Å²) in [5.74, 6) is 0.343. The standard InChI is InChI=1S/C18H19N5O/c1-4-23(13(2)24)16-7-5-6-14(10-16)17-8-9-21-18(22-17)15(11-19)12-20-3/h5-10,12,20H,4H2,1-3H3. The van der Waals surface area contributed by atoms with Gasteiger partial charge in [0.05, 0.1) is 5.69 Å². The Balaban J connectivity index is 2.45. The highest BCUT2D eigenvalue weighted by atomic mass is 16.2. The quantitative estimate of drug-likeness (QED) is 0.856. The number of carbonyl (C=O) groups is 1. The average molecular weight is 321 g/mol. The van der Waals surface area contributed by atoms with Crippen LogP contribution in [0.25, 0.3) is 16.8 Å². The first-order chi connectivity index (χ1) is 11.6. The molecule has 0 unspecified atom stereocenters. The first-order valence-corrected chi connectivity index (χ1v) is 7.60. The lowest BCUT2D eigenvalue weighted by atomic mass is 10.1. The van der Waals surface area contributed by atoms with E-state index in [-0.39, 0.29) is 5.91 Å². The van der Waals surface area contributed by atoms with Crippen molar-refractivity contribution in [2.24, 2.45) is 0 Å². The van der Waals surface area contributed by atoms with Crippen LogP contribution in [0.3, 0.4) is 0 Å². The maximum Gasteiger partial charge on any atom is 0.223 e. The van der Waals surface area contributed by atoms with Crippen molar-refractivity contribution in [2.75, 3.05) is 18.5 Å². The van der Waals surface area contributed by atoms with Crippen molar-refractivity contribution >= 4 is 17.2 Å². The van der Waals surface area contributed by atoms with Gasteiger partial charge in [-0.25, -0.2) is 9.97 Å². The van der Waals surface area contributed by atoms with Crippen molar-refractivity contribution < 1.29 is 4.79 Å².